The number of carbonyl (C=O) groups excluding carboxylic acids is 1. The number of ether oxygens (including phenoxy) is 4. The number of sulfonamides is 1. The summed E-state index contributed by atoms with van der Waals surface area (Å²) in [5.41, 5.74) is 1.02. The zero-order valence-electron chi connectivity index (χ0n) is 45.8. The Bertz CT molecular complexity index is 3420. The number of pyridine rings is 1. The molecule has 0 radical (unpaired) electrons. The number of carbonyl (C=O) groups is 1. The number of halogens is 1. The molecule has 5 aromatic rings. The van der Waals surface area contributed by atoms with Crippen LogP contribution < -0.4 is 29.3 Å². The molecule has 12 rings (SSSR count). The molecule has 3 saturated heterocycles. The summed E-state index contributed by atoms with van der Waals surface area (Å²) in [6.45, 7) is 12.6. The highest BCUT2D eigenvalue weighted by atomic mass is 32.2. The number of anilines is 4. The van der Waals surface area contributed by atoms with Crippen LogP contribution in [0.2, 0.25) is 0 Å². The van der Waals surface area contributed by atoms with Gasteiger partial charge in [-0.15, -0.1) is 0 Å². The number of nitrogens with zero attached hydrogens (tertiary/aromatic N) is 5. The lowest BCUT2D eigenvalue weighted by molar-refractivity contribution is -0.384. The van der Waals surface area contributed by atoms with Crippen LogP contribution >= 0.6 is 7.82 Å². The lowest BCUT2D eigenvalue weighted by Crippen LogP contribution is -2.62. The van der Waals surface area contributed by atoms with Crippen LogP contribution in [0.4, 0.5) is 32.8 Å². The Morgan fingerprint density at radius 2 is 1.73 bits per heavy atom. The number of aromatic nitrogens is 2. The zero-order valence-corrected chi connectivity index (χ0v) is 47.6. The van der Waals surface area contributed by atoms with Gasteiger partial charge in [0.25, 0.3) is 21.6 Å². The fourth-order valence-corrected chi connectivity index (χ4v) is 15.9. The van der Waals surface area contributed by atoms with E-state index in [9.17, 15) is 37.7 Å². The minimum Gasteiger partial charge on any atom is -0.489 e. The molecule has 1 spiro atoms. The third-order valence-electron chi connectivity index (χ3n) is 18.8. The maximum absolute atomic E-state index is 16.7. The van der Waals surface area contributed by atoms with Crippen LogP contribution in [-0.4, -0.2) is 132 Å². The van der Waals surface area contributed by atoms with Gasteiger partial charge in [-0.05, 0) is 123 Å². The van der Waals surface area contributed by atoms with Crippen LogP contribution in [-0.2, 0) is 28.6 Å². The number of rotatable bonds is 12. The molecule has 434 valence electrons. The number of H-pyrrole nitrogens is 1. The van der Waals surface area contributed by atoms with Crippen LogP contribution in [0.15, 0.2) is 77.8 Å². The molecule has 5 aliphatic heterocycles. The van der Waals surface area contributed by atoms with Crippen molar-refractivity contribution in [3.63, 3.8) is 0 Å². The SMILES string of the molecule is CC(C)c1ccccc1[C@@H]1COCCCN1[C@H]1CC2(CCN(c3ccc(C(=O)NS(=O)(=O)c4cc5c(c([N+](=O)[O-])c4)N[C@@H](C4(F)CCC(C)(OP(=O)(O)O)CC4)CO5)c(N4c5cc6cc[nH]c6nc5O[C@H]5COCC[C@@H]54)c3)CC2)[C@@H]1C. The number of aromatic amines is 1. The van der Waals surface area contributed by atoms with Crippen LogP contribution in [0.3, 0.4) is 0 Å². The lowest BCUT2D eigenvalue weighted by atomic mass is 9.53. The van der Waals surface area contributed by atoms with E-state index in [1.54, 1.807) is 12.3 Å². The number of alkyl halides is 1. The van der Waals surface area contributed by atoms with E-state index in [4.69, 9.17) is 28.5 Å². The first-order valence-corrected chi connectivity index (χ1v) is 31.2. The fraction of sp³-hybridized carbons (Fsp3) is 0.544. The largest absolute Gasteiger partial charge is 0.489 e. The third kappa shape index (κ3) is 10.4. The van der Waals surface area contributed by atoms with Gasteiger partial charge in [0.15, 0.2) is 11.4 Å². The maximum atomic E-state index is 16.7. The second-order valence-corrected chi connectivity index (χ2v) is 26.7. The normalized spacial score (nSPS) is 28.6. The van der Waals surface area contributed by atoms with Gasteiger partial charge in [-0.3, -0.25) is 24.3 Å². The summed E-state index contributed by atoms with van der Waals surface area (Å²) >= 11 is 0. The van der Waals surface area contributed by atoms with Crippen molar-refractivity contribution in [2.24, 2.45) is 11.3 Å². The summed E-state index contributed by atoms with van der Waals surface area (Å²) in [4.78, 5) is 60.1. The average Bonchev–Trinajstić information content (AvgIpc) is 3.98. The summed E-state index contributed by atoms with van der Waals surface area (Å²) < 4.78 is 89.0. The Morgan fingerprint density at radius 3 is 2.47 bits per heavy atom. The van der Waals surface area contributed by atoms with Gasteiger partial charge in [-0.25, -0.2) is 22.1 Å². The molecule has 6 atom stereocenters. The number of phosphoric acid groups is 1. The molecular formula is C57H70FN8O13PS. The number of amides is 1. The zero-order chi connectivity index (χ0) is 56.8. The Kier molecular flexibility index (Phi) is 14.5. The average molecular weight is 1160 g/mol. The Hall–Kier alpha value is -5.91. The second kappa shape index (κ2) is 21.1. The molecule has 3 aromatic carbocycles. The number of hydrogen-bond donors (Lipinski definition) is 5. The van der Waals surface area contributed by atoms with Crippen molar-refractivity contribution < 1.29 is 60.3 Å². The standard InChI is InChI=1S/C57H70FN8O13PS/c1-34(2)39-8-5-6-9-40(39)47-31-75-24-7-21-64(47)46-30-56(35(46)3)18-22-63(23-19-56)37-10-11-41(43(27-37)65-42-13-25-76-32-49(42)78-54-45(65)26-36-12-20-59-52(36)61-54)53(67)62-81(73,74)38-28-44(66(68)69)51-48(29-38)77-33-50(60-51)57(58)16-14-55(4,15-17-57)79-80(70,71)72/h5-6,8-12,20,26-29,34-35,42,46-47,49-50,60H,7,13-19,21-25,30-33H2,1-4H3,(H,59,61)(H,62,67)(H2,70,71,72)/t35-,42+,46+,47+,49+,50-,55?,57?/m1/s1. The first kappa shape index (κ1) is 55.6. The van der Waals surface area contributed by atoms with Gasteiger partial charge in [0, 0.05) is 68.3 Å². The van der Waals surface area contributed by atoms with Crippen LogP contribution in [0, 0.1) is 21.4 Å². The molecule has 81 heavy (non-hydrogen) atoms. The van der Waals surface area contributed by atoms with Gasteiger partial charge in [-0.2, -0.15) is 4.98 Å². The Morgan fingerprint density at radius 1 is 0.963 bits per heavy atom. The van der Waals surface area contributed by atoms with Crippen molar-refractivity contribution in [3.8, 4) is 11.6 Å². The molecule has 5 fully saturated rings. The van der Waals surface area contributed by atoms with E-state index in [0.29, 0.717) is 60.4 Å². The number of phosphoric ester groups is 1. The molecule has 24 heteroatoms. The highest BCUT2D eigenvalue weighted by Gasteiger charge is 2.56. The minimum absolute atomic E-state index is 0.0183. The number of nitro groups is 1. The van der Waals surface area contributed by atoms with E-state index in [1.165, 1.54) is 18.1 Å². The van der Waals surface area contributed by atoms with E-state index in [1.807, 2.05) is 29.2 Å². The van der Waals surface area contributed by atoms with Gasteiger partial charge >= 0.3 is 7.82 Å². The number of fused-ring (bicyclic) bond motifs is 4. The third-order valence-corrected chi connectivity index (χ3v) is 20.8. The predicted molar refractivity (Wildman–Crippen MR) is 300 cm³/mol. The van der Waals surface area contributed by atoms with E-state index in [-0.39, 0.29) is 73.4 Å². The summed E-state index contributed by atoms with van der Waals surface area (Å²) in [6.07, 6.45) is 5.26. The highest BCUT2D eigenvalue weighted by molar-refractivity contribution is 7.90. The Balaban J connectivity index is 0.827. The Labute approximate surface area is 469 Å². The molecule has 7 heterocycles. The topological polar surface area (TPSA) is 260 Å². The number of nitrogens with one attached hydrogen (secondary N) is 3. The van der Waals surface area contributed by atoms with E-state index >= 15 is 4.39 Å². The van der Waals surface area contributed by atoms with E-state index in [0.717, 1.165) is 75.1 Å². The molecule has 21 nitrogen and oxygen atoms in total. The highest BCUT2D eigenvalue weighted by Crippen LogP contribution is 2.58. The molecular weight excluding hydrogens is 1090 g/mol. The number of piperidine rings is 1. The van der Waals surface area contributed by atoms with Gasteiger partial charge in [0.05, 0.1) is 58.0 Å². The van der Waals surface area contributed by atoms with Crippen LogP contribution in [0.1, 0.15) is 119 Å². The van der Waals surface area contributed by atoms with E-state index in [2.05, 4.69) is 69.9 Å². The van der Waals surface area contributed by atoms with Crippen molar-refractivity contribution in [3.05, 3.63) is 99.7 Å². The lowest BCUT2D eigenvalue weighted by Gasteiger charge is -2.61. The second-order valence-electron chi connectivity index (χ2n) is 23.8. The first-order chi connectivity index (χ1) is 38.6. The summed E-state index contributed by atoms with van der Waals surface area (Å²) in [5.74, 6) is -0.0798. The van der Waals surface area contributed by atoms with E-state index < -0.39 is 62.7 Å². The molecule has 1 amide bonds. The molecule has 2 saturated carbocycles. The molecule has 7 aliphatic rings. The summed E-state index contributed by atoms with van der Waals surface area (Å²) in [7, 11) is -9.75. The number of nitro benzene ring substituents is 1. The summed E-state index contributed by atoms with van der Waals surface area (Å²) in [5, 5.41) is 16.4. The molecule has 2 aromatic heterocycles. The van der Waals surface area contributed by atoms with Gasteiger partial charge < -0.3 is 48.8 Å². The van der Waals surface area contributed by atoms with Crippen molar-refractivity contribution in [1.29, 1.82) is 0 Å². The van der Waals surface area contributed by atoms with Crippen molar-refractivity contribution >= 4 is 63.2 Å². The first-order valence-electron chi connectivity index (χ1n) is 28.2. The van der Waals surface area contributed by atoms with Crippen LogP contribution in [0.25, 0.3) is 11.0 Å². The van der Waals surface area contributed by atoms with Crippen molar-refractivity contribution in [2.75, 3.05) is 67.8 Å². The molecule has 5 N–H and O–H groups in total. The van der Waals surface area contributed by atoms with Gasteiger partial charge in [0.2, 0.25) is 5.88 Å². The van der Waals surface area contributed by atoms with Gasteiger partial charge in [0.1, 0.15) is 29.7 Å². The maximum Gasteiger partial charge on any atom is 0.470 e. The quantitative estimate of drug-likeness (QED) is 0.0443. The number of benzene rings is 3. The predicted octanol–water partition coefficient (Wildman–Crippen LogP) is 9.18. The minimum atomic E-state index is -4.87. The van der Waals surface area contributed by atoms with Crippen molar-refractivity contribution in [1.82, 2.24) is 19.6 Å². The molecule has 0 bridgehead atoms. The van der Waals surface area contributed by atoms with Gasteiger partial charge in [-0.1, -0.05) is 45.0 Å². The van der Waals surface area contributed by atoms with Crippen molar-refractivity contribution in [2.45, 2.75) is 138 Å². The monoisotopic (exact) mass is 1160 g/mol. The smallest absolute Gasteiger partial charge is 0.470 e. The molecule has 2 aliphatic carbocycles. The number of hydrogen-bond acceptors (Lipinski definition) is 16. The molecule has 0 unspecified atom stereocenters. The summed E-state index contributed by atoms with van der Waals surface area (Å²) in [6, 6.07) is 19.0. The van der Waals surface area contributed by atoms with Crippen LogP contribution in [0.5, 0.6) is 11.6 Å². The fourth-order valence-electron chi connectivity index (χ4n) is 14.1.